The van der Waals surface area contributed by atoms with Crippen LogP contribution in [0.2, 0.25) is 5.02 Å². The van der Waals surface area contributed by atoms with Crippen molar-refractivity contribution >= 4 is 28.7 Å². The van der Waals surface area contributed by atoms with Crippen molar-refractivity contribution in [3.05, 3.63) is 83.4 Å². The number of nitrogens with two attached hydrogens (primary N) is 1. The topological polar surface area (TPSA) is 38.5 Å². The third-order valence-electron chi connectivity index (χ3n) is 4.41. The van der Waals surface area contributed by atoms with Gasteiger partial charge in [0, 0.05) is 34.9 Å². The SMILES string of the molecule is NCC1Cc2cccc(N(c3ccccc3)c3ccc(Cl)cc3)c2O1. The fraction of sp³-hybridized carbons (Fsp3) is 0.143. The van der Waals surface area contributed by atoms with Crippen molar-refractivity contribution in [2.75, 3.05) is 11.4 Å². The molecule has 0 saturated carbocycles. The summed E-state index contributed by atoms with van der Waals surface area (Å²) in [7, 11) is 0. The zero-order valence-corrected chi connectivity index (χ0v) is 14.5. The number of rotatable bonds is 4. The van der Waals surface area contributed by atoms with Crippen molar-refractivity contribution < 1.29 is 4.74 Å². The molecule has 1 unspecified atom stereocenters. The molecule has 0 radical (unpaired) electrons. The zero-order chi connectivity index (χ0) is 17.2. The van der Waals surface area contributed by atoms with Crippen molar-refractivity contribution in [1.82, 2.24) is 0 Å². The third kappa shape index (κ3) is 3.09. The van der Waals surface area contributed by atoms with Crippen LogP contribution in [0, 0.1) is 0 Å². The Balaban J connectivity index is 1.86. The molecule has 0 saturated heterocycles. The number of anilines is 3. The van der Waals surface area contributed by atoms with E-state index in [9.17, 15) is 0 Å². The molecular weight excluding hydrogens is 332 g/mol. The molecule has 0 aliphatic carbocycles. The molecule has 3 aromatic carbocycles. The number of nitrogens with zero attached hydrogens (tertiary/aromatic N) is 1. The predicted octanol–water partition coefficient (Wildman–Crippen LogP) is 5.07. The van der Waals surface area contributed by atoms with E-state index in [-0.39, 0.29) is 6.10 Å². The highest BCUT2D eigenvalue weighted by Crippen LogP contribution is 2.44. The second-order valence-electron chi connectivity index (χ2n) is 6.09. The Bertz CT molecular complexity index is 865. The molecule has 3 aromatic rings. The molecule has 2 N–H and O–H groups in total. The molecule has 0 spiro atoms. The molecule has 4 rings (SSSR count). The number of halogens is 1. The minimum Gasteiger partial charge on any atom is -0.486 e. The van der Waals surface area contributed by atoms with Gasteiger partial charge < -0.3 is 15.4 Å². The van der Waals surface area contributed by atoms with Gasteiger partial charge >= 0.3 is 0 Å². The Hall–Kier alpha value is -2.49. The van der Waals surface area contributed by atoms with Gasteiger partial charge in [0.1, 0.15) is 11.9 Å². The summed E-state index contributed by atoms with van der Waals surface area (Å²) in [6.45, 7) is 0.514. The van der Waals surface area contributed by atoms with Crippen LogP contribution in [0.1, 0.15) is 5.56 Å². The lowest BCUT2D eigenvalue weighted by atomic mass is 10.1. The molecule has 1 aliphatic heterocycles. The maximum atomic E-state index is 6.14. The fourth-order valence-corrected chi connectivity index (χ4v) is 3.35. The molecule has 4 heteroatoms. The van der Waals surface area contributed by atoms with Crippen LogP contribution in [0.25, 0.3) is 0 Å². The molecule has 0 bridgehead atoms. The van der Waals surface area contributed by atoms with Gasteiger partial charge in [0.25, 0.3) is 0 Å². The number of hydrogen-bond acceptors (Lipinski definition) is 3. The average molecular weight is 351 g/mol. The third-order valence-corrected chi connectivity index (χ3v) is 4.66. The monoisotopic (exact) mass is 350 g/mol. The van der Waals surface area contributed by atoms with Crippen molar-refractivity contribution in [1.29, 1.82) is 0 Å². The summed E-state index contributed by atoms with van der Waals surface area (Å²) in [4.78, 5) is 2.19. The number of ether oxygens (including phenoxy) is 1. The largest absolute Gasteiger partial charge is 0.486 e. The summed E-state index contributed by atoms with van der Waals surface area (Å²) >= 11 is 6.08. The van der Waals surface area contributed by atoms with Crippen molar-refractivity contribution in [3.8, 4) is 5.75 Å². The van der Waals surface area contributed by atoms with Crippen molar-refractivity contribution in [2.45, 2.75) is 12.5 Å². The Kier molecular flexibility index (Phi) is 4.35. The van der Waals surface area contributed by atoms with E-state index in [1.54, 1.807) is 0 Å². The smallest absolute Gasteiger partial charge is 0.147 e. The highest BCUT2D eigenvalue weighted by Gasteiger charge is 2.27. The zero-order valence-electron chi connectivity index (χ0n) is 13.7. The van der Waals surface area contributed by atoms with Gasteiger partial charge in [-0.05, 0) is 42.5 Å². The number of benzene rings is 3. The van der Waals surface area contributed by atoms with E-state index in [1.807, 2.05) is 42.5 Å². The van der Waals surface area contributed by atoms with Gasteiger partial charge in [-0.3, -0.25) is 0 Å². The van der Waals surface area contributed by atoms with Crippen LogP contribution in [-0.4, -0.2) is 12.6 Å². The molecule has 3 nitrogen and oxygen atoms in total. The first kappa shape index (κ1) is 16.0. The molecule has 1 atom stereocenters. The molecular formula is C21H19ClN2O. The second kappa shape index (κ2) is 6.79. The summed E-state index contributed by atoms with van der Waals surface area (Å²) in [5, 5.41) is 0.717. The highest BCUT2D eigenvalue weighted by atomic mass is 35.5. The van der Waals surface area contributed by atoms with Gasteiger partial charge in [-0.15, -0.1) is 0 Å². The Labute approximate surface area is 152 Å². The van der Waals surface area contributed by atoms with E-state index in [2.05, 4.69) is 35.2 Å². The lowest BCUT2D eigenvalue weighted by molar-refractivity contribution is 0.242. The van der Waals surface area contributed by atoms with Gasteiger partial charge in [-0.1, -0.05) is 41.9 Å². The maximum absolute atomic E-state index is 6.14. The normalized spacial score (nSPS) is 15.5. The van der Waals surface area contributed by atoms with Crippen molar-refractivity contribution in [2.24, 2.45) is 5.73 Å². The predicted molar refractivity (Wildman–Crippen MR) is 103 cm³/mol. The van der Waals surface area contributed by atoms with E-state index in [0.29, 0.717) is 6.54 Å². The van der Waals surface area contributed by atoms with Crippen LogP contribution in [-0.2, 0) is 6.42 Å². The van der Waals surface area contributed by atoms with Crippen LogP contribution in [0.5, 0.6) is 5.75 Å². The first-order valence-electron chi connectivity index (χ1n) is 8.35. The lowest BCUT2D eigenvalue weighted by Gasteiger charge is -2.27. The average Bonchev–Trinajstić information content (AvgIpc) is 3.09. The molecule has 0 fully saturated rings. The van der Waals surface area contributed by atoms with Crippen LogP contribution in [0.4, 0.5) is 17.1 Å². The van der Waals surface area contributed by atoms with E-state index in [4.69, 9.17) is 22.1 Å². The molecule has 0 aromatic heterocycles. The van der Waals surface area contributed by atoms with E-state index >= 15 is 0 Å². The van der Waals surface area contributed by atoms with Gasteiger partial charge in [0.15, 0.2) is 0 Å². The summed E-state index contributed by atoms with van der Waals surface area (Å²) in [5.41, 5.74) is 10.1. The molecule has 1 heterocycles. The lowest BCUT2D eigenvalue weighted by Crippen LogP contribution is -2.24. The summed E-state index contributed by atoms with van der Waals surface area (Å²) in [6.07, 6.45) is 0.891. The quantitative estimate of drug-likeness (QED) is 0.713. The van der Waals surface area contributed by atoms with E-state index in [0.717, 1.165) is 34.3 Å². The summed E-state index contributed by atoms with van der Waals surface area (Å²) < 4.78 is 6.14. The van der Waals surface area contributed by atoms with Gasteiger partial charge in [-0.25, -0.2) is 0 Å². The van der Waals surface area contributed by atoms with E-state index < -0.39 is 0 Å². The van der Waals surface area contributed by atoms with Gasteiger partial charge in [0.05, 0.1) is 5.69 Å². The minimum atomic E-state index is 0.0407. The Morgan fingerprint density at radius 3 is 2.36 bits per heavy atom. The first-order chi connectivity index (χ1) is 12.3. The number of hydrogen-bond donors (Lipinski definition) is 1. The second-order valence-corrected chi connectivity index (χ2v) is 6.53. The standard InChI is InChI=1S/C21H19ClN2O/c22-16-9-11-18(12-10-16)24(17-6-2-1-3-7-17)20-8-4-5-15-13-19(14-23)25-21(15)20/h1-12,19H,13-14,23H2. The van der Waals surface area contributed by atoms with Crippen LogP contribution in [0.3, 0.4) is 0 Å². The number of para-hydroxylation sites is 2. The van der Waals surface area contributed by atoms with Crippen LogP contribution < -0.4 is 15.4 Å². The van der Waals surface area contributed by atoms with Crippen molar-refractivity contribution in [3.63, 3.8) is 0 Å². The van der Waals surface area contributed by atoms with Gasteiger partial charge in [-0.2, -0.15) is 0 Å². The number of fused-ring (bicyclic) bond motifs is 1. The van der Waals surface area contributed by atoms with Crippen LogP contribution in [0.15, 0.2) is 72.8 Å². The summed E-state index contributed by atoms with van der Waals surface area (Å²) in [6, 6.07) is 24.4. The Morgan fingerprint density at radius 2 is 1.64 bits per heavy atom. The molecule has 0 amide bonds. The fourth-order valence-electron chi connectivity index (χ4n) is 3.22. The molecule has 25 heavy (non-hydrogen) atoms. The minimum absolute atomic E-state index is 0.0407. The molecule has 1 aliphatic rings. The Morgan fingerprint density at radius 1 is 0.920 bits per heavy atom. The maximum Gasteiger partial charge on any atom is 0.147 e. The highest BCUT2D eigenvalue weighted by molar-refractivity contribution is 6.30. The summed E-state index contributed by atoms with van der Waals surface area (Å²) in [5.74, 6) is 0.914. The molecule has 126 valence electrons. The first-order valence-corrected chi connectivity index (χ1v) is 8.73. The van der Waals surface area contributed by atoms with Crippen LogP contribution >= 0.6 is 11.6 Å². The van der Waals surface area contributed by atoms with Gasteiger partial charge in [0.2, 0.25) is 0 Å². The van der Waals surface area contributed by atoms with E-state index in [1.165, 1.54) is 5.56 Å².